The maximum atomic E-state index is 12.6. The molecule has 8 nitrogen and oxygen atoms in total. The number of amides is 2. The summed E-state index contributed by atoms with van der Waals surface area (Å²) in [4.78, 5) is 36.9. The van der Waals surface area contributed by atoms with Crippen LogP contribution in [-0.2, 0) is 9.53 Å². The zero-order valence-electron chi connectivity index (χ0n) is 17.5. The number of rotatable bonds is 9. The topological polar surface area (TPSA) is 117 Å². The van der Waals surface area contributed by atoms with E-state index in [0.717, 1.165) is 5.56 Å². The lowest BCUT2D eigenvalue weighted by atomic mass is 10.0. The Hall–Kier alpha value is -3.85. The summed E-state index contributed by atoms with van der Waals surface area (Å²) >= 11 is 1.20. The lowest BCUT2D eigenvalue weighted by Crippen LogP contribution is -2.22. The van der Waals surface area contributed by atoms with E-state index in [-0.39, 0.29) is 29.2 Å². The quantitative estimate of drug-likeness (QED) is 0.476. The second-order valence-corrected chi connectivity index (χ2v) is 7.36. The highest BCUT2D eigenvalue weighted by Crippen LogP contribution is 2.36. The van der Waals surface area contributed by atoms with Gasteiger partial charge < -0.3 is 25.3 Å². The fourth-order valence-corrected chi connectivity index (χ4v) is 3.98. The van der Waals surface area contributed by atoms with Crippen molar-refractivity contribution in [3.63, 3.8) is 0 Å². The second-order valence-electron chi connectivity index (χ2n) is 6.48. The number of hydrogen-bond donors (Lipinski definition) is 2. The average Bonchev–Trinajstić information content (AvgIpc) is 3.21. The first-order chi connectivity index (χ1) is 15.5. The zero-order chi connectivity index (χ0) is 23.1. The Kier molecular flexibility index (Phi) is 7.45. The van der Waals surface area contributed by atoms with Gasteiger partial charge in [0.1, 0.15) is 10.6 Å². The molecule has 2 amide bonds. The van der Waals surface area contributed by atoms with E-state index in [1.165, 1.54) is 24.5 Å². The summed E-state index contributed by atoms with van der Waals surface area (Å²) in [6, 6.07) is 14.0. The van der Waals surface area contributed by atoms with Crippen LogP contribution in [0.5, 0.6) is 11.5 Å². The van der Waals surface area contributed by atoms with Crippen molar-refractivity contribution in [2.24, 2.45) is 5.73 Å². The third kappa shape index (κ3) is 5.06. The van der Waals surface area contributed by atoms with Crippen molar-refractivity contribution in [1.82, 2.24) is 0 Å². The molecule has 32 heavy (non-hydrogen) atoms. The summed E-state index contributed by atoms with van der Waals surface area (Å²) in [5, 5.41) is 4.81. The average molecular weight is 455 g/mol. The van der Waals surface area contributed by atoms with Gasteiger partial charge in [0.05, 0.1) is 19.3 Å². The number of thiophene rings is 1. The molecule has 0 aliphatic rings. The normalized spacial score (nSPS) is 10.3. The molecule has 0 bridgehead atoms. The first-order valence-corrected chi connectivity index (χ1v) is 10.6. The number of primary amides is 1. The van der Waals surface area contributed by atoms with E-state index in [9.17, 15) is 14.4 Å². The summed E-state index contributed by atoms with van der Waals surface area (Å²) in [6.07, 6.45) is 0. The van der Waals surface area contributed by atoms with Crippen molar-refractivity contribution in [2.45, 2.75) is 6.92 Å². The summed E-state index contributed by atoms with van der Waals surface area (Å²) in [5.41, 5.74) is 7.22. The van der Waals surface area contributed by atoms with Crippen LogP contribution in [0.2, 0.25) is 0 Å². The van der Waals surface area contributed by atoms with Gasteiger partial charge in [-0.05, 0) is 24.6 Å². The molecule has 1 heterocycles. The molecule has 0 saturated heterocycles. The number of anilines is 1. The van der Waals surface area contributed by atoms with E-state index < -0.39 is 24.4 Å². The van der Waals surface area contributed by atoms with E-state index in [4.69, 9.17) is 19.9 Å². The number of carbonyl (C=O) groups is 3. The fourth-order valence-electron chi connectivity index (χ4n) is 3.01. The van der Waals surface area contributed by atoms with Gasteiger partial charge in [-0.1, -0.05) is 36.4 Å². The lowest BCUT2D eigenvalue weighted by Gasteiger charge is -2.13. The smallest absolute Gasteiger partial charge is 0.341 e. The Labute approximate surface area is 188 Å². The molecule has 0 atom stereocenters. The molecule has 3 aromatic rings. The van der Waals surface area contributed by atoms with Gasteiger partial charge in [-0.15, -0.1) is 11.3 Å². The van der Waals surface area contributed by atoms with Gasteiger partial charge in [-0.3, -0.25) is 9.59 Å². The minimum Gasteiger partial charge on any atom is -0.493 e. The van der Waals surface area contributed by atoms with Crippen molar-refractivity contribution in [3.05, 3.63) is 65.0 Å². The van der Waals surface area contributed by atoms with Gasteiger partial charge in [-0.25, -0.2) is 4.79 Å². The van der Waals surface area contributed by atoms with Crippen LogP contribution < -0.4 is 20.5 Å². The molecular formula is C23H22N2O6S. The highest BCUT2D eigenvalue weighted by molar-refractivity contribution is 7.15. The van der Waals surface area contributed by atoms with Crippen molar-refractivity contribution in [1.29, 1.82) is 0 Å². The van der Waals surface area contributed by atoms with E-state index in [1.54, 1.807) is 24.4 Å². The number of carbonyl (C=O) groups excluding carboxylic acids is 3. The molecule has 0 fully saturated rings. The number of nitrogens with one attached hydrogen (secondary N) is 1. The van der Waals surface area contributed by atoms with Crippen LogP contribution in [0.15, 0.2) is 53.9 Å². The number of esters is 1. The van der Waals surface area contributed by atoms with Crippen molar-refractivity contribution in [2.75, 3.05) is 25.6 Å². The number of para-hydroxylation sites is 1. The maximum Gasteiger partial charge on any atom is 0.341 e. The molecule has 0 unspecified atom stereocenters. The van der Waals surface area contributed by atoms with Crippen LogP contribution in [0.3, 0.4) is 0 Å². The van der Waals surface area contributed by atoms with E-state index in [0.29, 0.717) is 10.6 Å². The van der Waals surface area contributed by atoms with Gasteiger partial charge >= 0.3 is 5.97 Å². The van der Waals surface area contributed by atoms with Crippen molar-refractivity contribution < 1.29 is 28.6 Å². The number of ether oxygens (including phenoxy) is 3. The fraction of sp³-hybridized carbons (Fsp3) is 0.174. The predicted molar refractivity (Wildman–Crippen MR) is 121 cm³/mol. The Morgan fingerprint density at radius 1 is 1.06 bits per heavy atom. The van der Waals surface area contributed by atoms with Gasteiger partial charge in [-0.2, -0.15) is 0 Å². The standard InChI is InChI=1S/C23H22N2O6S/c1-3-30-23(28)19-16(14-8-5-4-6-9-14)13-32-22(19)25-18(26)12-31-20-15(21(24)27)10-7-11-17(20)29-2/h4-11,13H,3,12H2,1-2H3,(H2,24,27)(H,25,26). The predicted octanol–water partition coefficient (Wildman–Crippen LogP) is 3.72. The molecule has 0 aliphatic heterocycles. The van der Waals surface area contributed by atoms with Gasteiger partial charge in [0, 0.05) is 10.9 Å². The monoisotopic (exact) mass is 454 g/mol. The summed E-state index contributed by atoms with van der Waals surface area (Å²) in [6.45, 7) is 1.48. The molecule has 9 heteroatoms. The lowest BCUT2D eigenvalue weighted by molar-refractivity contribution is -0.118. The first-order valence-electron chi connectivity index (χ1n) is 9.69. The minimum absolute atomic E-state index is 0.0689. The molecule has 166 valence electrons. The molecule has 0 aliphatic carbocycles. The second kappa shape index (κ2) is 10.5. The number of methoxy groups -OCH3 is 1. The number of nitrogens with two attached hydrogens (primary N) is 1. The molecule has 0 radical (unpaired) electrons. The Morgan fingerprint density at radius 2 is 1.81 bits per heavy atom. The highest BCUT2D eigenvalue weighted by Gasteiger charge is 2.23. The van der Waals surface area contributed by atoms with Crippen LogP contribution >= 0.6 is 11.3 Å². The third-order valence-electron chi connectivity index (χ3n) is 4.42. The first kappa shape index (κ1) is 22.8. The molecule has 0 saturated carbocycles. The summed E-state index contributed by atoms with van der Waals surface area (Å²) in [5.74, 6) is -1.44. The van der Waals surface area contributed by atoms with Crippen molar-refractivity contribution in [3.8, 4) is 22.6 Å². The summed E-state index contributed by atoms with van der Waals surface area (Å²) in [7, 11) is 1.41. The Morgan fingerprint density at radius 3 is 2.47 bits per heavy atom. The minimum atomic E-state index is -0.713. The van der Waals surface area contributed by atoms with Gasteiger partial charge in [0.15, 0.2) is 18.1 Å². The number of hydrogen-bond acceptors (Lipinski definition) is 7. The van der Waals surface area contributed by atoms with Crippen LogP contribution in [-0.4, -0.2) is 38.1 Å². The number of benzene rings is 2. The summed E-state index contributed by atoms with van der Waals surface area (Å²) < 4.78 is 15.9. The molecule has 3 rings (SSSR count). The third-order valence-corrected chi connectivity index (χ3v) is 5.32. The van der Waals surface area contributed by atoms with Crippen molar-refractivity contribution >= 4 is 34.1 Å². The highest BCUT2D eigenvalue weighted by atomic mass is 32.1. The molecule has 0 spiro atoms. The van der Waals surface area contributed by atoms with Gasteiger partial charge in [0.2, 0.25) is 0 Å². The van der Waals surface area contributed by atoms with E-state index >= 15 is 0 Å². The molecule has 2 aromatic carbocycles. The SMILES string of the molecule is CCOC(=O)c1c(-c2ccccc2)csc1NC(=O)COc1c(OC)cccc1C(N)=O. The van der Waals surface area contributed by atoms with E-state index in [2.05, 4.69) is 5.32 Å². The largest absolute Gasteiger partial charge is 0.493 e. The Balaban J connectivity index is 1.82. The van der Waals surface area contributed by atoms with Crippen LogP contribution in [0.25, 0.3) is 11.1 Å². The van der Waals surface area contributed by atoms with Gasteiger partial charge in [0.25, 0.3) is 11.8 Å². The maximum absolute atomic E-state index is 12.6. The molecular weight excluding hydrogens is 432 g/mol. The van der Waals surface area contributed by atoms with Crippen LogP contribution in [0, 0.1) is 0 Å². The van der Waals surface area contributed by atoms with Crippen LogP contribution in [0.1, 0.15) is 27.6 Å². The molecule has 3 N–H and O–H groups in total. The van der Waals surface area contributed by atoms with Crippen LogP contribution in [0.4, 0.5) is 5.00 Å². The zero-order valence-corrected chi connectivity index (χ0v) is 18.4. The Bertz CT molecular complexity index is 1130. The van der Waals surface area contributed by atoms with E-state index in [1.807, 2.05) is 30.3 Å². The molecule has 1 aromatic heterocycles.